The number of thioether (sulfide) groups is 1. The Kier molecular flexibility index (Phi) is 5.50. The number of methoxy groups -OCH3 is 1. The number of ether oxygens (including phenoxy) is 1. The Hall–Kier alpha value is -2.60. The fourth-order valence-electron chi connectivity index (χ4n) is 2.34. The van der Waals surface area contributed by atoms with E-state index in [1.165, 1.54) is 11.8 Å². The third-order valence-electron chi connectivity index (χ3n) is 3.69. The Bertz CT molecular complexity index is 881. The normalized spacial score (nSPS) is 10.6. The van der Waals surface area contributed by atoms with E-state index in [1.807, 2.05) is 55.5 Å². The van der Waals surface area contributed by atoms with Crippen molar-refractivity contribution < 1.29 is 9.53 Å². The third-order valence-corrected chi connectivity index (χ3v) is 4.76. The van der Waals surface area contributed by atoms with Gasteiger partial charge < -0.3 is 10.1 Å². The number of hydrogen-bond acceptors (Lipinski definition) is 5. The molecule has 0 atom stereocenters. The maximum absolute atomic E-state index is 12.1. The quantitative estimate of drug-likeness (QED) is 0.689. The maximum Gasteiger partial charge on any atom is 0.230 e. The van der Waals surface area contributed by atoms with Gasteiger partial charge in [0.2, 0.25) is 5.91 Å². The summed E-state index contributed by atoms with van der Waals surface area (Å²) in [4.78, 5) is 21.2. The van der Waals surface area contributed by atoms with Gasteiger partial charge in [0, 0.05) is 6.54 Å². The largest absolute Gasteiger partial charge is 0.497 e. The smallest absolute Gasteiger partial charge is 0.230 e. The second-order valence-electron chi connectivity index (χ2n) is 5.52. The first kappa shape index (κ1) is 17.2. The van der Waals surface area contributed by atoms with Crippen molar-refractivity contribution in [2.24, 2.45) is 0 Å². The lowest BCUT2D eigenvalue weighted by atomic mass is 10.2. The van der Waals surface area contributed by atoms with Gasteiger partial charge in [-0.25, -0.2) is 9.97 Å². The zero-order valence-corrected chi connectivity index (χ0v) is 15.0. The number of aromatic nitrogens is 2. The molecule has 0 aliphatic carbocycles. The van der Waals surface area contributed by atoms with Gasteiger partial charge in [-0.1, -0.05) is 36.0 Å². The van der Waals surface area contributed by atoms with Crippen LogP contribution in [0.25, 0.3) is 11.0 Å². The van der Waals surface area contributed by atoms with Crippen LogP contribution in [0, 0.1) is 6.92 Å². The summed E-state index contributed by atoms with van der Waals surface area (Å²) in [7, 11) is 1.63. The molecule has 3 aromatic rings. The van der Waals surface area contributed by atoms with Crippen LogP contribution in [0.4, 0.5) is 0 Å². The predicted molar refractivity (Wildman–Crippen MR) is 99.8 cm³/mol. The van der Waals surface area contributed by atoms with Crippen molar-refractivity contribution >= 4 is 28.7 Å². The van der Waals surface area contributed by atoms with Crippen LogP contribution in [0.3, 0.4) is 0 Å². The van der Waals surface area contributed by atoms with Gasteiger partial charge in [-0.15, -0.1) is 0 Å². The SMILES string of the molecule is COc1ccc(CNC(=O)CSc2nc3ccccc3nc2C)cc1. The summed E-state index contributed by atoms with van der Waals surface area (Å²) in [5, 5.41) is 3.70. The standard InChI is InChI=1S/C19H19N3O2S/c1-13-19(22-17-6-4-3-5-16(17)21-13)25-12-18(23)20-11-14-7-9-15(24-2)10-8-14/h3-10H,11-12H2,1-2H3,(H,20,23). The lowest BCUT2D eigenvalue weighted by molar-refractivity contribution is -0.118. The molecule has 0 saturated carbocycles. The van der Waals surface area contributed by atoms with Crippen molar-refractivity contribution in [1.29, 1.82) is 0 Å². The molecule has 0 radical (unpaired) electrons. The zero-order chi connectivity index (χ0) is 17.6. The predicted octanol–water partition coefficient (Wildman–Crippen LogP) is 3.36. The van der Waals surface area contributed by atoms with Gasteiger partial charge in [0.1, 0.15) is 10.8 Å². The number of benzene rings is 2. The first-order valence-electron chi connectivity index (χ1n) is 7.91. The number of nitrogens with one attached hydrogen (secondary N) is 1. The molecule has 25 heavy (non-hydrogen) atoms. The highest BCUT2D eigenvalue weighted by Crippen LogP contribution is 2.21. The van der Waals surface area contributed by atoms with Crippen LogP contribution >= 0.6 is 11.8 Å². The molecule has 2 aromatic carbocycles. The highest BCUT2D eigenvalue weighted by atomic mass is 32.2. The molecule has 3 rings (SSSR count). The monoisotopic (exact) mass is 353 g/mol. The number of fused-ring (bicyclic) bond motifs is 1. The second-order valence-corrected chi connectivity index (χ2v) is 6.48. The highest BCUT2D eigenvalue weighted by molar-refractivity contribution is 7.99. The van der Waals surface area contributed by atoms with E-state index in [4.69, 9.17) is 4.74 Å². The molecule has 0 unspecified atom stereocenters. The molecule has 6 heteroatoms. The van der Waals surface area contributed by atoms with Crippen molar-refractivity contribution in [2.45, 2.75) is 18.5 Å². The number of rotatable bonds is 6. The van der Waals surface area contributed by atoms with Crippen LogP contribution < -0.4 is 10.1 Å². The first-order valence-corrected chi connectivity index (χ1v) is 8.90. The van der Waals surface area contributed by atoms with Crippen LogP contribution in [0.15, 0.2) is 53.6 Å². The van der Waals surface area contributed by atoms with Gasteiger partial charge in [0.05, 0.1) is 29.6 Å². The van der Waals surface area contributed by atoms with E-state index >= 15 is 0 Å². The van der Waals surface area contributed by atoms with E-state index in [0.29, 0.717) is 12.3 Å². The summed E-state index contributed by atoms with van der Waals surface area (Å²) in [6, 6.07) is 15.4. The van der Waals surface area contributed by atoms with Gasteiger partial charge in [0.25, 0.3) is 0 Å². The summed E-state index contributed by atoms with van der Waals surface area (Å²) in [5.74, 6) is 1.08. The molecule has 1 N–H and O–H groups in total. The number of amides is 1. The second kappa shape index (κ2) is 7.98. The molecule has 0 spiro atoms. The molecular formula is C19H19N3O2S. The Morgan fingerprint density at radius 1 is 1.08 bits per heavy atom. The molecule has 5 nitrogen and oxygen atoms in total. The van der Waals surface area contributed by atoms with Crippen LogP contribution in [-0.2, 0) is 11.3 Å². The van der Waals surface area contributed by atoms with Gasteiger partial charge in [-0.3, -0.25) is 4.79 Å². The molecule has 128 valence electrons. The minimum Gasteiger partial charge on any atom is -0.497 e. The van der Waals surface area contributed by atoms with Gasteiger partial charge in [-0.2, -0.15) is 0 Å². The molecule has 1 amide bonds. The summed E-state index contributed by atoms with van der Waals surface area (Å²) in [5.41, 5.74) is 3.58. The van der Waals surface area contributed by atoms with Crippen molar-refractivity contribution in [3.63, 3.8) is 0 Å². The Morgan fingerprint density at radius 3 is 2.44 bits per heavy atom. The Balaban J connectivity index is 1.55. The van der Waals surface area contributed by atoms with E-state index in [1.54, 1.807) is 7.11 Å². The van der Waals surface area contributed by atoms with E-state index in [9.17, 15) is 4.79 Å². The van der Waals surface area contributed by atoms with Crippen molar-refractivity contribution in [3.8, 4) is 5.75 Å². The van der Waals surface area contributed by atoms with E-state index < -0.39 is 0 Å². The summed E-state index contributed by atoms with van der Waals surface area (Å²) in [6.07, 6.45) is 0. The highest BCUT2D eigenvalue weighted by Gasteiger charge is 2.09. The van der Waals surface area contributed by atoms with Gasteiger partial charge >= 0.3 is 0 Å². The minimum absolute atomic E-state index is 0.0322. The fourth-order valence-corrected chi connectivity index (χ4v) is 3.13. The van der Waals surface area contributed by atoms with E-state index in [-0.39, 0.29) is 5.91 Å². The lowest BCUT2D eigenvalue weighted by Crippen LogP contribution is -2.24. The van der Waals surface area contributed by atoms with Gasteiger partial charge in [0.15, 0.2) is 0 Å². The van der Waals surface area contributed by atoms with Crippen molar-refractivity contribution in [1.82, 2.24) is 15.3 Å². The van der Waals surface area contributed by atoms with Crippen molar-refractivity contribution in [2.75, 3.05) is 12.9 Å². The molecule has 0 fully saturated rings. The average Bonchev–Trinajstić information content (AvgIpc) is 2.65. The molecular weight excluding hydrogens is 334 g/mol. The molecule has 0 saturated heterocycles. The summed E-state index contributed by atoms with van der Waals surface area (Å²) < 4.78 is 5.12. The van der Waals surface area contributed by atoms with Crippen LogP contribution in [0.1, 0.15) is 11.3 Å². The van der Waals surface area contributed by atoms with Crippen molar-refractivity contribution in [3.05, 3.63) is 59.8 Å². The van der Waals surface area contributed by atoms with E-state index in [0.717, 1.165) is 33.1 Å². The topological polar surface area (TPSA) is 64.1 Å². The number of carbonyl (C=O) groups is 1. The molecule has 0 aliphatic rings. The minimum atomic E-state index is -0.0322. The number of hydrogen-bond donors (Lipinski definition) is 1. The third kappa shape index (κ3) is 4.48. The maximum atomic E-state index is 12.1. The first-order chi connectivity index (χ1) is 12.2. The number of carbonyl (C=O) groups excluding carboxylic acids is 1. The van der Waals surface area contributed by atoms with E-state index in [2.05, 4.69) is 15.3 Å². The lowest BCUT2D eigenvalue weighted by Gasteiger charge is -2.08. The van der Waals surface area contributed by atoms with Crippen LogP contribution in [0.5, 0.6) is 5.75 Å². The fraction of sp³-hybridized carbons (Fsp3) is 0.211. The van der Waals surface area contributed by atoms with Crippen LogP contribution in [-0.4, -0.2) is 28.7 Å². The number of para-hydroxylation sites is 2. The molecule has 1 heterocycles. The summed E-state index contributed by atoms with van der Waals surface area (Å²) >= 11 is 1.41. The Labute approximate surface area is 150 Å². The molecule has 0 bridgehead atoms. The summed E-state index contributed by atoms with van der Waals surface area (Å²) in [6.45, 7) is 2.41. The molecule has 1 aromatic heterocycles. The molecule has 0 aliphatic heterocycles. The number of aryl methyl sites for hydroxylation is 1. The number of nitrogens with zero attached hydrogens (tertiary/aromatic N) is 2. The Morgan fingerprint density at radius 2 is 1.76 bits per heavy atom. The van der Waals surface area contributed by atoms with Gasteiger partial charge in [-0.05, 0) is 36.8 Å². The van der Waals surface area contributed by atoms with Crippen LogP contribution in [0.2, 0.25) is 0 Å². The average molecular weight is 353 g/mol. The zero-order valence-electron chi connectivity index (χ0n) is 14.2.